The normalized spacial score (nSPS) is 10.7. The number of nitrogens with zero attached hydrogens (tertiary/aromatic N) is 6. The maximum Gasteiger partial charge on any atom is 0.335 e. The Kier molecular flexibility index (Phi) is 23.8. The van der Waals surface area contributed by atoms with E-state index in [0.717, 1.165) is 135 Å². The fraction of sp³-hybridized carbons (Fsp3) is 0.0795. The molecule has 530 valence electrons. The number of carboxylic acid groups (broad SMARTS) is 1. The highest BCUT2D eigenvalue weighted by atomic mass is 16.4. The Hall–Kier alpha value is -13.9. The SMILES string of the molecule is CNCc1ccc(C)c(NC(=O)c2ccc(Nc3nc(-c4ccccc4)c4ccccc4n3)cc2)c1.Cc1ccc(CO)cc1N.Cc1ccc(CO)cc1NC(=O)c1ccc(Nc2nc(-c3ccccc3)c3ccccc3n2)cc1.O=C(O)c1ccc(Nc2nc(-c3ccccc3)c3ccccc3n2)cc1. The second kappa shape index (κ2) is 34.9. The lowest BCUT2D eigenvalue weighted by atomic mass is 10.1. The number of aliphatic hydroxyl groups is 2. The van der Waals surface area contributed by atoms with Gasteiger partial charge in [-0.2, -0.15) is 0 Å². The fourth-order valence-electron chi connectivity index (χ4n) is 11.5. The number of hydrogen-bond donors (Lipinski definition) is 10. The topological polar surface area (TPSA) is 287 Å². The molecule has 0 saturated heterocycles. The molecule has 0 aliphatic rings. The summed E-state index contributed by atoms with van der Waals surface area (Å²) in [7, 11) is 1.90. The van der Waals surface area contributed by atoms with Gasteiger partial charge in [0.1, 0.15) is 0 Å². The number of fused-ring (bicyclic) bond motifs is 3. The minimum Gasteiger partial charge on any atom is -0.478 e. The Morgan fingerprint density at radius 2 is 0.673 bits per heavy atom. The number of carbonyl (C=O) groups is 3. The Balaban J connectivity index is 0.000000142. The fourth-order valence-corrected chi connectivity index (χ4v) is 11.5. The number of nitrogens with two attached hydrogens (primary N) is 1. The van der Waals surface area contributed by atoms with Crippen LogP contribution in [0.2, 0.25) is 0 Å². The number of aryl methyl sites for hydroxylation is 3. The average Bonchev–Trinajstić information content (AvgIpc) is 0.798. The van der Waals surface area contributed by atoms with Crippen molar-refractivity contribution in [2.45, 2.75) is 40.5 Å². The summed E-state index contributed by atoms with van der Waals surface area (Å²) in [5.74, 6) is 0.121. The molecule has 12 aromatic carbocycles. The smallest absolute Gasteiger partial charge is 0.335 e. The number of carboxylic acids is 1. The lowest BCUT2D eigenvalue weighted by Crippen LogP contribution is -2.13. The molecule has 0 radical (unpaired) electrons. The van der Waals surface area contributed by atoms with E-state index < -0.39 is 5.97 Å². The van der Waals surface area contributed by atoms with Crippen molar-refractivity contribution in [3.63, 3.8) is 0 Å². The van der Waals surface area contributed by atoms with Crippen LogP contribution in [0.4, 0.5) is 52.0 Å². The van der Waals surface area contributed by atoms with Crippen molar-refractivity contribution in [1.29, 1.82) is 0 Å². The van der Waals surface area contributed by atoms with Gasteiger partial charge in [0.15, 0.2) is 0 Å². The van der Waals surface area contributed by atoms with E-state index in [2.05, 4.69) is 52.9 Å². The van der Waals surface area contributed by atoms with Crippen LogP contribution >= 0.6 is 0 Å². The molecule has 0 bridgehead atoms. The van der Waals surface area contributed by atoms with Gasteiger partial charge in [-0.25, -0.2) is 34.7 Å². The lowest BCUT2D eigenvalue weighted by Gasteiger charge is -2.12. The van der Waals surface area contributed by atoms with Crippen LogP contribution in [0.15, 0.2) is 291 Å². The van der Waals surface area contributed by atoms with E-state index in [4.69, 9.17) is 30.9 Å². The first-order valence-electron chi connectivity index (χ1n) is 34.5. The number of para-hydroxylation sites is 3. The molecule has 15 rings (SSSR count). The van der Waals surface area contributed by atoms with Gasteiger partial charge >= 0.3 is 5.97 Å². The van der Waals surface area contributed by atoms with E-state index in [1.807, 2.05) is 252 Å². The quantitative estimate of drug-likeness (QED) is 0.0357. The molecule has 0 atom stereocenters. The number of hydrogen-bond acceptors (Lipinski definition) is 16. The van der Waals surface area contributed by atoms with Crippen LogP contribution in [-0.4, -0.2) is 70.1 Å². The maximum atomic E-state index is 12.9. The molecule has 0 aliphatic carbocycles. The summed E-state index contributed by atoms with van der Waals surface area (Å²) in [4.78, 5) is 64.8. The molecular weight excluding hydrogens is 1340 g/mol. The highest BCUT2D eigenvalue weighted by Gasteiger charge is 2.17. The van der Waals surface area contributed by atoms with Gasteiger partial charge in [0.25, 0.3) is 11.8 Å². The summed E-state index contributed by atoms with van der Waals surface area (Å²) in [5, 5.41) is 48.8. The van der Waals surface area contributed by atoms with Crippen molar-refractivity contribution in [2.75, 3.05) is 39.4 Å². The van der Waals surface area contributed by atoms with E-state index in [-0.39, 0.29) is 30.6 Å². The zero-order valence-corrected chi connectivity index (χ0v) is 59.2. The molecule has 3 heterocycles. The second-order valence-electron chi connectivity index (χ2n) is 25.0. The van der Waals surface area contributed by atoms with E-state index in [1.165, 1.54) is 0 Å². The number of anilines is 9. The molecule has 3 aromatic heterocycles. The summed E-state index contributed by atoms with van der Waals surface area (Å²) >= 11 is 0. The summed E-state index contributed by atoms with van der Waals surface area (Å²) < 4.78 is 0. The third-order valence-electron chi connectivity index (χ3n) is 17.3. The molecule has 0 fully saturated rings. The van der Waals surface area contributed by atoms with E-state index in [0.29, 0.717) is 34.7 Å². The molecule has 15 aromatic rings. The van der Waals surface area contributed by atoms with Crippen LogP contribution in [0.3, 0.4) is 0 Å². The van der Waals surface area contributed by atoms with Crippen molar-refractivity contribution in [2.24, 2.45) is 0 Å². The molecule has 0 unspecified atom stereocenters. The molecule has 2 amide bonds. The number of amides is 2. The van der Waals surface area contributed by atoms with Gasteiger partial charge in [-0.05, 0) is 170 Å². The van der Waals surface area contributed by atoms with Crippen LogP contribution in [0.25, 0.3) is 66.5 Å². The summed E-state index contributed by atoms with van der Waals surface area (Å²) in [5.41, 5.74) is 25.3. The van der Waals surface area contributed by atoms with E-state index in [9.17, 15) is 19.5 Å². The highest BCUT2D eigenvalue weighted by Crippen LogP contribution is 2.33. The molecule has 19 heteroatoms. The van der Waals surface area contributed by atoms with Crippen LogP contribution in [0, 0.1) is 20.8 Å². The summed E-state index contributed by atoms with van der Waals surface area (Å²) in [6.07, 6.45) is 0. The van der Waals surface area contributed by atoms with Crippen molar-refractivity contribution >= 4 is 102 Å². The minimum absolute atomic E-state index is 0.0600. The Labute approximate surface area is 619 Å². The van der Waals surface area contributed by atoms with Crippen molar-refractivity contribution in [3.8, 4) is 33.8 Å². The number of aromatic nitrogens is 6. The van der Waals surface area contributed by atoms with E-state index >= 15 is 0 Å². The Morgan fingerprint density at radius 3 is 1.02 bits per heavy atom. The first kappa shape index (κ1) is 72.9. The standard InChI is InChI=1S/C30H27N5O.C29H24N4O2.C21H15N3O2.C8H11NO/c1-20-12-13-21(19-31-2)18-27(20)33-29(36)23-14-16-24(17-15-23)32-30-34-26-11-7-6-10-25(26)28(35-30)22-8-4-3-5-9-22;1-19-11-12-20(18-34)17-26(19)31-28(35)22-13-15-23(16-14-22)30-29-32-25-10-6-5-9-24(25)27(33-29)21-7-3-2-4-8-21;25-20(26)15-10-12-16(13-11-15)22-21-23-18-9-5-4-8-17(18)19(24-21)14-6-2-1-3-7-14;1-6-2-3-7(5-10)4-8(6)9/h3-18,31H,19H2,1-2H3,(H,33,36)(H,32,34,35);2-17,34H,18H2,1H3,(H,31,35)(H,30,32,33);1-13H,(H,25,26)(H,22,23,24);2-4,10H,5,9H2,1H3. The zero-order chi connectivity index (χ0) is 74.6. The van der Waals surface area contributed by atoms with Crippen LogP contribution in [0.1, 0.15) is 64.5 Å². The third kappa shape index (κ3) is 18.9. The van der Waals surface area contributed by atoms with Gasteiger partial charge in [-0.3, -0.25) is 9.59 Å². The Morgan fingerprint density at radius 1 is 0.355 bits per heavy atom. The van der Waals surface area contributed by atoms with Crippen molar-refractivity contribution < 1.29 is 29.7 Å². The average molecular weight is 1410 g/mol. The summed E-state index contributed by atoms with van der Waals surface area (Å²) in [6.45, 7) is 6.57. The van der Waals surface area contributed by atoms with Gasteiger partial charge < -0.3 is 53.0 Å². The number of carbonyl (C=O) groups excluding carboxylic acids is 2. The number of rotatable bonds is 18. The van der Waals surface area contributed by atoms with Gasteiger partial charge in [0, 0.05) is 84.6 Å². The predicted octanol–water partition coefficient (Wildman–Crippen LogP) is 18.2. The predicted molar refractivity (Wildman–Crippen MR) is 430 cm³/mol. The molecular formula is C88H77N13O6. The second-order valence-corrected chi connectivity index (χ2v) is 25.0. The van der Waals surface area contributed by atoms with Crippen molar-refractivity contribution in [3.05, 3.63) is 341 Å². The molecule has 0 aliphatic heterocycles. The number of nitrogens with one attached hydrogen (secondary N) is 6. The third-order valence-corrected chi connectivity index (χ3v) is 17.3. The van der Waals surface area contributed by atoms with Gasteiger partial charge in [-0.15, -0.1) is 0 Å². The Bertz CT molecular complexity index is 5600. The molecule has 0 saturated carbocycles. The van der Waals surface area contributed by atoms with Crippen LogP contribution < -0.4 is 37.6 Å². The minimum atomic E-state index is -0.954. The van der Waals surface area contributed by atoms with Crippen LogP contribution in [0.5, 0.6) is 0 Å². The number of aliphatic hydroxyl groups excluding tert-OH is 2. The number of aromatic carboxylic acids is 1. The van der Waals surface area contributed by atoms with Crippen molar-refractivity contribution in [1.82, 2.24) is 35.2 Å². The number of nitrogen functional groups attached to an aromatic ring is 1. The monoisotopic (exact) mass is 1410 g/mol. The van der Waals surface area contributed by atoms with E-state index in [1.54, 1.807) is 60.7 Å². The molecule has 107 heavy (non-hydrogen) atoms. The molecule has 11 N–H and O–H groups in total. The van der Waals surface area contributed by atoms with Gasteiger partial charge in [-0.1, -0.05) is 182 Å². The largest absolute Gasteiger partial charge is 0.478 e. The van der Waals surface area contributed by atoms with Gasteiger partial charge in [0.2, 0.25) is 17.8 Å². The highest BCUT2D eigenvalue weighted by molar-refractivity contribution is 6.06. The maximum absolute atomic E-state index is 12.9. The first-order valence-corrected chi connectivity index (χ1v) is 34.5. The first-order chi connectivity index (χ1) is 52.1. The zero-order valence-electron chi connectivity index (χ0n) is 59.2. The molecule has 0 spiro atoms. The summed E-state index contributed by atoms with van der Waals surface area (Å²) in [6, 6.07) is 91.9. The lowest BCUT2D eigenvalue weighted by molar-refractivity contribution is 0.0696. The molecule has 19 nitrogen and oxygen atoms in total. The van der Waals surface area contributed by atoms with Crippen LogP contribution in [-0.2, 0) is 19.8 Å². The van der Waals surface area contributed by atoms with Gasteiger partial charge in [0.05, 0.1) is 52.4 Å². The number of benzene rings is 12.